The number of anilines is 1. The summed E-state index contributed by atoms with van der Waals surface area (Å²) in [6.45, 7) is 2.06. The number of hydrogen-bond donors (Lipinski definition) is 1. The summed E-state index contributed by atoms with van der Waals surface area (Å²) in [4.78, 5) is 12.5. The molecule has 0 radical (unpaired) electrons. The predicted molar refractivity (Wildman–Crippen MR) is 76.7 cm³/mol. The Balaban J connectivity index is 2.44. The number of para-hydroxylation sites is 1. The standard InChI is InChI=1S/C16H17NO2/c1-3-11-6-4-7-12(10-11)16(18)13-8-5-9-14(19-2)15(13)17/h4-10H,3,17H2,1-2H3. The number of aryl methyl sites for hydroxylation is 1. The Hall–Kier alpha value is -2.29. The normalized spacial score (nSPS) is 10.2. The molecule has 3 nitrogen and oxygen atoms in total. The Labute approximate surface area is 113 Å². The summed E-state index contributed by atoms with van der Waals surface area (Å²) < 4.78 is 5.14. The first-order valence-electron chi connectivity index (χ1n) is 6.23. The molecule has 0 saturated carbocycles. The molecule has 2 aromatic rings. The Bertz CT molecular complexity index is 605. The van der Waals surface area contributed by atoms with E-state index >= 15 is 0 Å². The lowest BCUT2D eigenvalue weighted by Crippen LogP contribution is -2.07. The van der Waals surface area contributed by atoms with Crippen LogP contribution in [0.3, 0.4) is 0 Å². The highest BCUT2D eigenvalue weighted by Crippen LogP contribution is 2.26. The molecule has 0 unspecified atom stereocenters. The molecule has 0 spiro atoms. The van der Waals surface area contributed by atoms with E-state index in [2.05, 4.69) is 6.92 Å². The maximum atomic E-state index is 12.5. The second kappa shape index (κ2) is 5.57. The van der Waals surface area contributed by atoms with Crippen LogP contribution >= 0.6 is 0 Å². The summed E-state index contributed by atoms with van der Waals surface area (Å²) in [5.41, 5.74) is 8.61. The number of ketones is 1. The van der Waals surface area contributed by atoms with Crippen LogP contribution in [-0.2, 0) is 6.42 Å². The molecule has 3 heteroatoms. The maximum absolute atomic E-state index is 12.5. The van der Waals surface area contributed by atoms with Gasteiger partial charge in [0.1, 0.15) is 5.75 Å². The lowest BCUT2D eigenvalue weighted by molar-refractivity contribution is 0.103. The van der Waals surface area contributed by atoms with Crippen molar-refractivity contribution >= 4 is 11.5 Å². The first-order chi connectivity index (χ1) is 9.17. The molecule has 0 aliphatic rings. The van der Waals surface area contributed by atoms with Crippen LogP contribution in [0.4, 0.5) is 5.69 Å². The fraction of sp³-hybridized carbons (Fsp3) is 0.188. The van der Waals surface area contributed by atoms with Crippen molar-refractivity contribution in [1.82, 2.24) is 0 Å². The van der Waals surface area contributed by atoms with Gasteiger partial charge in [-0.1, -0.05) is 31.2 Å². The summed E-state index contributed by atoms with van der Waals surface area (Å²) in [6, 6.07) is 12.8. The molecule has 0 atom stereocenters. The number of benzene rings is 2. The van der Waals surface area contributed by atoms with E-state index in [4.69, 9.17) is 10.5 Å². The summed E-state index contributed by atoms with van der Waals surface area (Å²) in [7, 11) is 1.54. The van der Waals surface area contributed by atoms with E-state index in [-0.39, 0.29) is 5.78 Å². The monoisotopic (exact) mass is 255 g/mol. The first-order valence-corrected chi connectivity index (χ1v) is 6.23. The number of ether oxygens (including phenoxy) is 1. The van der Waals surface area contributed by atoms with Crippen LogP contribution in [0.1, 0.15) is 28.4 Å². The third kappa shape index (κ3) is 2.60. The van der Waals surface area contributed by atoms with Gasteiger partial charge < -0.3 is 10.5 Å². The Kier molecular flexibility index (Phi) is 3.85. The molecule has 0 saturated heterocycles. The zero-order valence-electron chi connectivity index (χ0n) is 11.1. The van der Waals surface area contributed by atoms with Crippen molar-refractivity contribution in [1.29, 1.82) is 0 Å². The molecule has 0 aliphatic carbocycles. The first kappa shape index (κ1) is 13.1. The quantitative estimate of drug-likeness (QED) is 0.674. The van der Waals surface area contributed by atoms with Gasteiger partial charge in [-0.2, -0.15) is 0 Å². The molecular formula is C16H17NO2. The highest BCUT2D eigenvalue weighted by Gasteiger charge is 2.15. The average Bonchev–Trinajstić information content (AvgIpc) is 2.47. The van der Waals surface area contributed by atoms with E-state index in [1.54, 1.807) is 24.3 Å². The Morgan fingerprint density at radius 3 is 2.63 bits per heavy atom. The van der Waals surface area contributed by atoms with Gasteiger partial charge in [0, 0.05) is 11.1 Å². The largest absolute Gasteiger partial charge is 0.495 e. The minimum Gasteiger partial charge on any atom is -0.495 e. The molecule has 98 valence electrons. The molecule has 0 heterocycles. The maximum Gasteiger partial charge on any atom is 0.195 e. The summed E-state index contributed by atoms with van der Waals surface area (Å²) >= 11 is 0. The lowest BCUT2D eigenvalue weighted by atomic mass is 9.99. The number of hydrogen-bond acceptors (Lipinski definition) is 3. The van der Waals surface area contributed by atoms with E-state index in [1.165, 1.54) is 7.11 Å². The average molecular weight is 255 g/mol. The van der Waals surface area contributed by atoms with E-state index in [1.807, 2.05) is 18.2 Å². The number of nitrogens with two attached hydrogens (primary N) is 1. The van der Waals surface area contributed by atoms with Crippen LogP contribution in [0, 0.1) is 0 Å². The molecule has 2 N–H and O–H groups in total. The van der Waals surface area contributed by atoms with Gasteiger partial charge in [0.05, 0.1) is 12.8 Å². The van der Waals surface area contributed by atoms with E-state index in [0.29, 0.717) is 22.6 Å². The van der Waals surface area contributed by atoms with Crippen LogP contribution in [0.2, 0.25) is 0 Å². The van der Waals surface area contributed by atoms with Crippen LogP contribution in [-0.4, -0.2) is 12.9 Å². The molecule has 0 aliphatic heterocycles. The van der Waals surface area contributed by atoms with Crippen molar-refractivity contribution in [3.8, 4) is 5.75 Å². The number of methoxy groups -OCH3 is 1. The molecule has 0 bridgehead atoms. The van der Waals surface area contributed by atoms with Crippen molar-refractivity contribution in [3.05, 3.63) is 59.2 Å². The van der Waals surface area contributed by atoms with Gasteiger partial charge in [-0.15, -0.1) is 0 Å². The van der Waals surface area contributed by atoms with E-state index in [9.17, 15) is 4.79 Å². The molecule has 19 heavy (non-hydrogen) atoms. The third-order valence-corrected chi connectivity index (χ3v) is 3.13. The van der Waals surface area contributed by atoms with Crippen LogP contribution in [0.5, 0.6) is 5.75 Å². The third-order valence-electron chi connectivity index (χ3n) is 3.13. The van der Waals surface area contributed by atoms with Crippen LogP contribution in [0.25, 0.3) is 0 Å². The molecule has 2 rings (SSSR count). The van der Waals surface area contributed by atoms with Crippen molar-refractivity contribution in [2.75, 3.05) is 12.8 Å². The second-order valence-corrected chi connectivity index (χ2v) is 4.30. The summed E-state index contributed by atoms with van der Waals surface area (Å²) in [5, 5.41) is 0. The van der Waals surface area contributed by atoms with Crippen LogP contribution in [0.15, 0.2) is 42.5 Å². The summed E-state index contributed by atoms with van der Waals surface area (Å²) in [5.74, 6) is 0.448. The molecule has 0 aromatic heterocycles. The topological polar surface area (TPSA) is 52.3 Å². The van der Waals surface area contributed by atoms with Gasteiger partial charge in [-0.3, -0.25) is 4.79 Å². The number of carbonyl (C=O) groups excluding carboxylic acids is 1. The van der Waals surface area contributed by atoms with E-state index in [0.717, 1.165) is 12.0 Å². The zero-order chi connectivity index (χ0) is 13.8. The molecular weight excluding hydrogens is 238 g/mol. The van der Waals surface area contributed by atoms with Gasteiger partial charge in [-0.25, -0.2) is 0 Å². The van der Waals surface area contributed by atoms with Gasteiger partial charge in [0.15, 0.2) is 5.78 Å². The van der Waals surface area contributed by atoms with Crippen molar-refractivity contribution in [3.63, 3.8) is 0 Å². The second-order valence-electron chi connectivity index (χ2n) is 4.30. The number of rotatable bonds is 4. The van der Waals surface area contributed by atoms with Crippen LogP contribution < -0.4 is 10.5 Å². The van der Waals surface area contributed by atoms with Gasteiger partial charge in [0.2, 0.25) is 0 Å². The molecule has 2 aromatic carbocycles. The highest BCUT2D eigenvalue weighted by atomic mass is 16.5. The Morgan fingerprint density at radius 1 is 1.21 bits per heavy atom. The van der Waals surface area contributed by atoms with Crippen molar-refractivity contribution in [2.24, 2.45) is 0 Å². The fourth-order valence-electron chi connectivity index (χ4n) is 2.01. The van der Waals surface area contributed by atoms with Crippen molar-refractivity contribution in [2.45, 2.75) is 13.3 Å². The molecule has 0 fully saturated rings. The highest BCUT2D eigenvalue weighted by molar-refractivity contribution is 6.12. The van der Waals surface area contributed by atoms with Crippen molar-refractivity contribution < 1.29 is 9.53 Å². The zero-order valence-corrected chi connectivity index (χ0v) is 11.1. The van der Waals surface area contributed by atoms with Gasteiger partial charge in [-0.05, 0) is 30.2 Å². The number of nitrogen functional groups attached to an aromatic ring is 1. The minimum absolute atomic E-state index is 0.0771. The predicted octanol–water partition coefficient (Wildman–Crippen LogP) is 3.07. The summed E-state index contributed by atoms with van der Waals surface area (Å²) in [6.07, 6.45) is 0.898. The smallest absolute Gasteiger partial charge is 0.195 e. The van der Waals surface area contributed by atoms with Gasteiger partial charge >= 0.3 is 0 Å². The SMILES string of the molecule is CCc1cccc(C(=O)c2cccc(OC)c2N)c1. The Morgan fingerprint density at radius 2 is 1.95 bits per heavy atom. The van der Waals surface area contributed by atoms with E-state index < -0.39 is 0 Å². The fourth-order valence-corrected chi connectivity index (χ4v) is 2.01. The lowest BCUT2D eigenvalue weighted by Gasteiger charge is -2.09. The molecule has 0 amide bonds. The minimum atomic E-state index is -0.0771. The van der Waals surface area contributed by atoms with Gasteiger partial charge in [0.25, 0.3) is 0 Å². The number of carbonyl (C=O) groups is 1.